The summed E-state index contributed by atoms with van der Waals surface area (Å²) in [7, 11) is 0. The standard InChI is InChI=1S/C16H18ClN3O2S/c1-4-18-14-13(23-11-8-6-5-7-10(11)17)12(9(2)3)19-15(20-14)16(21)22/h5-9H,4H2,1-3H3,(H,21,22)(H,18,19,20). The van der Waals surface area contributed by atoms with Crippen molar-refractivity contribution in [2.45, 2.75) is 36.5 Å². The Balaban J connectivity index is 2.59. The molecule has 23 heavy (non-hydrogen) atoms. The van der Waals surface area contributed by atoms with E-state index in [-0.39, 0.29) is 11.7 Å². The molecule has 0 spiro atoms. The van der Waals surface area contributed by atoms with Crippen LogP contribution in [0.15, 0.2) is 34.1 Å². The summed E-state index contributed by atoms with van der Waals surface area (Å²) in [6.45, 7) is 6.51. The van der Waals surface area contributed by atoms with E-state index in [9.17, 15) is 9.90 Å². The van der Waals surface area contributed by atoms with Crippen molar-refractivity contribution in [2.24, 2.45) is 0 Å². The second-order valence-corrected chi connectivity index (χ2v) is 6.59. The number of anilines is 1. The van der Waals surface area contributed by atoms with E-state index >= 15 is 0 Å². The highest BCUT2D eigenvalue weighted by atomic mass is 35.5. The van der Waals surface area contributed by atoms with E-state index in [1.54, 1.807) is 0 Å². The van der Waals surface area contributed by atoms with Crippen molar-refractivity contribution in [3.63, 3.8) is 0 Å². The normalized spacial score (nSPS) is 10.8. The van der Waals surface area contributed by atoms with Gasteiger partial charge in [0.15, 0.2) is 0 Å². The zero-order valence-electron chi connectivity index (χ0n) is 13.1. The van der Waals surface area contributed by atoms with Gasteiger partial charge in [-0.05, 0) is 25.0 Å². The van der Waals surface area contributed by atoms with E-state index < -0.39 is 5.97 Å². The molecule has 2 N–H and O–H groups in total. The predicted octanol–water partition coefficient (Wildman–Crippen LogP) is 4.53. The molecule has 0 fully saturated rings. The third kappa shape index (κ3) is 4.14. The first-order valence-corrected chi connectivity index (χ1v) is 8.45. The highest BCUT2D eigenvalue weighted by Crippen LogP contribution is 2.40. The first-order chi connectivity index (χ1) is 10.9. The number of aromatic nitrogens is 2. The molecule has 0 amide bonds. The van der Waals surface area contributed by atoms with Crippen molar-refractivity contribution in [1.29, 1.82) is 0 Å². The van der Waals surface area contributed by atoms with Gasteiger partial charge in [0.25, 0.3) is 0 Å². The van der Waals surface area contributed by atoms with Gasteiger partial charge in [-0.25, -0.2) is 14.8 Å². The molecule has 0 unspecified atom stereocenters. The summed E-state index contributed by atoms with van der Waals surface area (Å²) in [6, 6.07) is 7.50. The monoisotopic (exact) mass is 351 g/mol. The van der Waals surface area contributed by atoms with Gasteiger partial charge in [0.05, 0.1) is 15.6 Å². The minimum absolute atomic E-state index is 0.0542. The molecule has 5 nitrogen and oxygen atoms in total. The fourth-order valence-electron chi connectivity index (χ4n) is 1.98. The van der Waals surface area contributed by atoms with Crippen LogP contribution >= 0.6 is 23.4 Å². The summed E-state index contributed by atoms with van der Waals surface area (Å²) in [5.41, 5.74) is 0.693. The maximum Gasteiger partial charge on any atom is 0.374 e. The van der Waals surface area contributed by atoms with Crippen LogP contribution in [0.5, 0.6) is 0 Å². The lowest BCUT2D eigenvalue weighted by atomic mass is 10.1. The average Bonchev–Trinajstić information content (AvgIpc) is 2.50. The van der Waals surface area contributed by atoms with E-state index in [0.717, 1.165) is 9.79 Å². The largest absolute Gasteiger partial charge is 0.475 e. The fraction of sp³-hybridized carbons (Fsp3) is 0.312. The third-order valence-electron chi connectivity index (χ3n) is 3.02. The van der Waals surface area contributed by atoms with Gasteiger partial charge >= 0.3 is 5.97 Å². The number of carboxylic acids is 1. The lowest BCUT2D eigenvalue weighted by Gasteiger charge is -2.17. The number of hydrogen-bond acceptors (Lipinski definition) is 5. The van der Waals surface area contributed by atoms with Crippen molar-refractivity contribution in [3.8, 4) is 0 Å². The maximum absolute atomic E-state index is 11.3. The van der Waals surface area contributed by atoms with Gasteiger partial charge in [-0.1, -0.05) is 49.3 Å². The maximum atomic E-state index is 11.3. The number of hydrogen-bond donors (Lipinski definition) is 2. The van der Waals surface area contributed by atoms with Gasteiger partial charge < -0.3 is 10.4 Å². The van der Waals surface area contributed by atoms with E-state index in [4.69, 9.17) is 11.6 Å². The Kier molecular flexibility index (Phi) is 5.85. The van der Waals surface area contributed by atoms with Gasteiger partial charge in [0, 0.05) is 11.4 Å². The van der Waals surface area contributed by atoms with Gasteiger partial charge in [-0.2, -0.15) is 0 Å². The van der Waals surface area contributed by atoms with E-state index in [2.05, 4.69) is 15.3 Å². The number of aromatic carboxylic acids is 1. The number of halogens is 1. The second-order valence-electron chi connectivity index (χ2n) is 5.13. The summed E-state index contributed by atoms with van der Waals surface area (Å²) in [4.78, 5) is 21.3. The highest BCUT2D eigenvalue weighted by Gasteiger charge is 2.21. The van der Waals surface area contributed by atoms with Crippen molar-refractivity contribution < 1.29 is 9.90 Å². The summed E-state index contributed by atoms with van der Waals surface area (Å²) in [6.07, 6.45) is 0. The first kappa shape index (κ1) is 17.6. The zero-order chi connectivity index (χ0) is 17.0. The first-order valence-electron chi connectivity index (χ1n) is 7.25. The van der Waals surface area contributed by atoms with E-state index in [0.29, 0.717) is 23.1 Å². The number of carboxylic acid groups (broad SMARTS) is 1. The Morgan fingerprint density at radius 1 is 1.35 bits per heavy atom. The van der Waals surface area contributed by atoms with Crippen molar-refractivity contribution in [1.82, 2.24) is 9.97 Å². The third-order valence-corrected chi connectivity index (χ3v) is 4.65. The number of nitrogens with one attached hydrogen (secondary N) is 1. The van der Waals surface area contributed by atoms with Gasteiger partial charge in [-0.15, -0.1) is 0 Å². The van der Waals surface area contributed by atoms with Crippen LogP contribution in [-0.2, 0) is 0 Å². The summed E-state index contributed by atoms with van der Waals surface area (Å²) in [5, 5.41) is 13.0. The Morgan fingerprint density at radius 3 is 2.61 bits per heavy atom. The van der Waals surface area contributed by atoms with Crippen LogP contribution in [0.2, 0.25) is 5.02 Å². The topological polar surface area (TPSA) is 75.1 Å². The minimum Gasteiger partial charge on any atom is -0.475 e. The Bertz CT molecular complexity index is 722. The van der Waals surface area contributed by atoms with Crippen LogP contribution < -0.4 is 5.32 Å². The molecular formula is C16H18ClN3O2S. The average molecular weight is 352 g/mol. The molecule has 2 aromatic rings. The molecule has 0 saturated heterocycles. The molecular weight excluding hydrogens is 334 g/mol. The Morgan fingerprint density at radius 2 is 2.04 bits per heavy atom. The van der Waals surface area contributed by atoms with Crippen LogP contribution in [0, 0.1) is 0 Å². The van der Waals surface area contributed by atoms with Crippen LogP contribution in [0.3, 0.4) is 0 Å². The SMILES string of the molecule is CCNc1nc(C(=O)O)nc(C(C)C)c1Sc1ccccc1Cl. The molecule has 1 aromatic heterocycles. The number of benzene rings is 1. The second kappa shape index (κ2) is 7.66. The summed E-state index contributed by atoms with van der Waals surface area (Å²) in [5.74, 6) is -0.763. The predicted molar refractivity (Wildman–Crippen MR) is 92.8 cm³/mol. The van der Waals surface area contributed by atoms with Crippen molar-refractivity contribution >= 4 is 35.1 Å². The van der Waals surface area contributed by atoms with Crippen LogP contribution in [0.1, 0.15) is 43.0 Å². The fourth-order valence-corrected chi connectivity index (χ4v) is 3.36. The van der Waals surface area contributed by atoms with Crippen LogP contribution in [0.25, 0.3) is 0 Å². The van der Waals surface area contributed by atoms with E-state index in [1.165, 1.54) is 11.8 Å². The van der Waals surface area contributed by atoms with E-state index in [1.807, 2.05) is 45.0 Å². The Labute approximate surface area is 144 Å². The molecule has 1 aromatic carbocycles. The summed E-state index contributed by atoms with van der Waals surface area (Å²) < 4.78 is 0. The zero-order valence-corrected chi connectivity index (χ0v) is 14.7. The minimum atomic E-state index is -1.14. The van der Waals surface area contributed by atoms with Crippen LogP contribution in [0.4, 0.5) is 5.82 Å². The lowest BCUT2D eigenvalue weighted by Crippen LogP contribution is -2.13. The molecule has 7 heteroatoms. The Hall–Kier alpha value is -1.79. The molecule has 0 radical (unpaired) electrons. The molecule has 0 bridgehead atoms. The molecule has 0 saturated carbocycles. The van der Waals surface area contributed by atoms with Gasteiger partial charge in [0.1, 0.15) is 5.82 Å². The molecule has 0 aliphatic heterocycles. The number of rotatable bonds is 6. The van der Waals surface area contributed by atoms with Crippen molar-refractivity contribution in [3.05, 3.63) is 40.8 Å². The molecule has 0 atom stereocenters. The molecule has 122 valence electrons. The quantitative estimate of drug-likeness (QED) is 0.796. The summed E-state index contributed by atoms with van der Waals surface area (Å²) >= 11 is 7.68. The molecule has 0 aliphatic rings. The van der Waals surface area contributed by atoms with Crippen molar-refractivity contribution in [2.75, 3.05) is 11.9 Å². The highest BCUT2D eigenvalue weighted by molar-refractivity contribution is 7.99. The molecule has 0 aliphatic carbocycles. The lowest BCUT2D eigenvalue weighted by molar-refractivity contribution is 0.0683. The van der Waals surface area contributed by atoms with Crippen LogP contribution in [-0.4, -0.2) is 27.6 Å². The molecule has 1 heterocycles. The van der Waals surface area contributed by atoms with Gasteiger partial charge in [-0.3, -0.25) is 0 Å². The van der Waals surface area contributed by atoms with Gasteiger partial charge in [0.2, 0.25) is 5.82 Å². The number of carbonyl (C=O) groups is 1. The smallest absolute Gasteiger partial charge is 0.374 e. The molecule has 2 rings (SSSR count). The number of nitrogens with zero attached hydrogens (tertiary/aromatic N) is 2.